The highest BCUT2D eigenvalue weighted by Gasteiger charge is 2.50. The maximum Gasteiger partial charge on any atom is 0.338 e. The molecule has 0 spiro atoms. The normalized spacial score (nSPS) is 20.9. The smallest absolute Gasteiger partial charge is 0.338 e. The standard InChI is InChI=1S/C33H27NO10S/c35-27-26(20-41-30(36)21-10-4-1-5-11-21)42-33(45-25-18-16-24(17-19-25)34(39)40)29(44-32(38)23-14-8-3-9-15-23)28(27)43-31(37)22-12-6-2-7-13-22/h1-19,26-29,33,35H,20H2/t26-,27+,28+,29-,33-/m1/s1. The number of nitro benzene ring substituents is 1. The van der Waals surface area contributed by atoms with Gasteiger partial charge in [0.1, 0.15) is 24.3 Å². The van der Waals surface area contributed by atoms with E-state index in [1.807, 2.05) is 0 Å². The van der Waals surface area contributed by atoms with Crippen LogP contribution in [0.15, 0.2) is 120 Å². The number of benzene rings is 4. The van der Waals surface area contributed by atoms with Gasteiger partial charge in [-0.2, -0.15) is 0 Å². The van der Waals surface area contributed by atoms with Crippen LogP contribution in [0.3, 0.4) is 0 Å². The van der Waals surface area contributed by atoms with Crippen molar-refractivity contribution in [3.63, 3.8) is 0 Å². The first-order chi connectivity index (χ1) is 21.8. The zero-order valence-electron chi connectivity index (χ0n) is 23.5. The molecule has 0 saturated carbocycles. The van der Waals surface area contributed by atoms with Crippen LogP contribution in [-0.4, -0.2) is 64.4 Å². The van der Waals surface area contributed by atoms with E-state index < -0.39 is 59.3 Å². The number of nitrogens with zero attached hydrogens (tertiary/aromatic N) is 1. The number of esters is 3. The lowest BCUT2D eigenvalue weighted by molar-refractivity contribution is -0.384. The third-order valence-corrected chi connectivity index (χ3v) is 7.97. The molecule has 11 nitrogen and oxygen atoms in total. The number of nitro groups is 1. The first-order valence-electron chi connectivity index (χ1n) is 13.8. The van der Waals surface area contributed by atoms with Gasteiger partial charge in [-0.1, -0.05) is 66.4 Å². The van der Waals surface area contributed by atoms with E-state index in [9.17, 15) is 29.6 Å². The van der Waals surface area contributed by atoms with Crippen molar-refractivity contribution in [2.24, 2.45) is 0 Å². The first-order valence-corrected chi connectivity index (χ1v) is 14.7. The molecule has 1 aliphatic heterocycles. The fraction of sp³-hybridized carbons (Fsp3) is 0.182. The number of aliphatic hydroxyl groups is 1. The summed E-state index contributed by atoms with van der Waals surface area (Å²) in [6.45, 7) is -0.426. The van der Waals surface area contributed by atoms with Crippen molar-refractivity contribution < 1.29 is 43.4 Å². The highest BCUT2D eigenvalue weighted by atomic mass is 32.2. The summed E-state index contributed by atoms with van der Waals surface area (Å²) in [4.78, 5) is 50.3. The number of hydrogen-bond acceptors (Lipinski definition) is 11. The number of thioether (sulfide) groups is 1. The summed E-state index contributed by atoms with van der Waals surface area (Å²) in [5.41, 5.74) is -0.571. The highest BCUT2D eigenvalue weighted by molar-refractivity contribution is 7.99. The van der Waals surface area contributed by atoms with E-state index in [-0.39, 0.29) is 22.4 Å². The second kappa shape index (κ2) is 14.6. The average molecular weight is 630 g/mol. The number of aliphatic hydroxyl groups excluding tert-OH is 1. The molecule has 0 aromatic heterocycles. The van der Waals surface area contributed by atoms with Gasteiger partial charge in [-0.25, -0.2) is 14.4 Å². The number of non-ortho nitro benzene ring substituents is 1. The Hall–Kier alpha value is -5.04. The molecule has 4 aromatic carbocycles. The molecule has 12 heteroatoms. The number of rotatable bonds is 10. The van der Waals surface area contributed by atoms with Crippen molar-refractivity contribution in [2.75, 3.05) is 6.61 Å². The van der Waals surface area contributed by atoms with Crippen molar-refractivity contribution in [1.29, 1.82) is 0 Å². The second-order valence-corrected chi connectivity index (χ2v) is 11.0. The molecule has 5 rings (SSSR count). The molecule has 1 heterocycles. The second-order valence-electron chi connectivity index (χ2n) is 9.84. The third kappa shape index (κ3) is 7.92. The van der Waals surface area contributed by atoms with Crippen LogP contribution in [0.4, 0.5) is 5.69 Å². The minimum Gasteiger partial charge on any atom is -0.459 e. The fourth-order valence-corrected chi connectivity index (χ4v) is 5.62. The van der Waals surface area contributed by atoms with Crippen LogP contribution in [-0.2, 0) is 18.9 Å². The van der Waals surface area contributed by atoms with Gasteiger partial charge in [0.2, 0.25) is 0 Å². The van der Waals surface area contributed by atoms with E-state index in [2.05, 4.69) is 0 Å². The van der Waals surface area contributed by atoms with E-state index in [1.165, 1.54) is 48.5 Å². The van der Waals surface area contributed by atoms with Crippen LogP contribution in [0.1, 0.15) is 31.1 Å². The van der Waals surface area contributed by atoms with Crippen LogP contribution in [0.2, 0.25) is 0 Å². The van der Waals surface area contributed by atoms with E-state index in [4.69, 9.17) is 18.9 Å². The van der Waals surface area contributed by atoms with Crippen LogP contribution in [0.5, 0.6) is 0 Å². The molecule has 230 valence electrons. The van der Waals surface area contributed by atoms with E-state index in [0.29, 0.717) is 4.90 Å². The summed E-state index contributed by atoms with van der Waals surface area (Å²) in [5.74, 6) is -2.22. The Morgan fingerprint density at radius 3 is 1.67 bits per heavy atom. The molecule has 0 unspecified atom stereocenters. The Bertz CT molecular complexity index is 1620. The Labute approximate surface area is 261 Å². The molecule has 0 radical (unpaired) electrons. The van der Waals surface area contributed by atoms with E-state index in [1.54, 1.807) is 66.7 Å². The molecule has 5 atom stereocenters. The lowest BCUT2D eigenvalue weighted by Gasteiger charge is -2.43. The maximum absolute atomic E-state index is 13.2. The number of carbonyl (C=O) groups is 3. The van der Waals surface area contributed by atoms with Gasteiger partial charge in [0.15, 0.2) is 12.2 Å². The molecule has 0 bridgehead atoms. The van der Waals surface area contributed by atoms with Gasteiger partial charge in [-0.05, 0) is 48.5 Å². The van der Waals surface area contributed by atoms with Crippen molar-refractivity contribution in [2.45, 2.75) is 34.7 Å². The number of carbonyl (C=O) groups excluding carboxylic acids is 3. The van der Waals surface area contributed by atoms with Crippen LogP contribution < -0.4 is 0 Å². The molecule has 0 aliphatic carbocycles. The largest absolute Gasteiger partial charge is 0.459 e. The van der Waals surface area contributed by atoms with Crippen molar-refractivity contribution in [3.8, 4) is 0 Å². The van der Waals surface area contributed by atoms with Crippen LogP contribution in [0.25, 0.3) is 0 Å². The van der Waals surface area contributed by atoms with Gasteiger partial charge in [0.25, 0.3) is 5.69 Å². The lowest BCUT2D eigenvalue weighted by atomic mass is 9.99. The first kappa shape index (κ1) is 31.4. The molecule has 1 aliphatic rings. The van der Waals surface area contributed by atoms with Crippen LogP contribution in [0, 0.1) is 10.1 Å². The predicted molar refractivity (Wildman–Crippen MR) is 162 cm³/mol. The molecule has 45 heavy (non-hydrogen) atoms. The number of ether oxygens (including phenoxy) is 4. The van der Waals surface area contributed by atoms with Crippen molar-refractivity contribution >= 4 is 35.4 Å². The zero-order valence-corrected chi connectivity index (χ0v) is 24.4. The van der Waals surface area contributed by atoms with Gasteiger partial charge < -0.3 is 24.1 Å². The molecule has 1 N–H and O–H groups in total. The topological polar surface area (TPSA) is 152 Å². The molecule has 0 amide bonds. The summed E-state index contributed by atoms with van der Waals surface area (Å²) in [6.07, 6.45) is -5.63. The summed E-state index contributed by atoms with van der Waals surface area (Å²) < 4.78 is 23.3. The van der Waals surface area contributed by atoms with E-state index >= 15 is 0 Å². The fourth-order valence-electron chi connectivity index (χ4n) is 4.51. The molecule has 1 saturated heterocycles. The molecular weight excluding hydrogens is 602 g/mol. The zero-order chi connectivity index (χ0) is 31.8. The minimum absolute atomic E-state index is 0.133. The Balaban J connectivity index is 1.46. The summed E-state index contributed by atoms with van der Waals surface area (Å²) in [5, 5.41) is 22.7. The van der Waals surface area contributed by atoms with E-state index in [0.717, 1.165) is 11.8 Å². The van der Waals surface area contributed by atoms with Gasteiger partial charge in [-0.15, -0.1) is 0 Å². The Morgan fingerprint density at radius 2 is 1.18 bits per heavy atom. The molecular formula is C33H27NO10S. The Kier molecular flexibility index (Phi) is 10.2. The monoisotopic (exact) mass is 629 g/mol. The predicted octanol–water partition coefficient (Wildman–Crippen LogP) is 5.08. The van der Waals surface area contributed by atoms with Crippen molar-refractivity contribution in [3.05, 3.63) is 142 Å². The summed E-state index contributed by atoms with van der Waals surface area (Å²) in [7, 11) is 0. The quantitative estimate of drug-likeness (QED) is 0.108. The average Bonchev–Trinajstić information content (AvgIpc) is 3.08. The van der Waals surface area contributed by atoms with Gasteiger partial charge in [0.05, 0.1) is 21.6 Å². The van der Waals surface area contributed by atoms with Crippen molar-refractivity contribution in [1.82, 2.24) is 0 Å². The lowest BCUT2D eigenvalue weighted by Crippen LogP contribution is -2.60. The summed E-state index contributed by atoms with van der Waals surface area (Å²) >= 11 is 1.03. The summed E-state index contributed by atoms with van der Waals surface area (Å²) in [6, 6.07) is 30.0. The van der Waals surface area contributed by atoms with Crippen LogP contribution >= 0.6 is 11.8 Å². The minimum atomic E-state index is -1.59. The highest BCUT2D eigenvalue weighted by Crippen LogP contribution is 2.37. The van der Waals surface area contributed by atoms with Gasteiger partial charge >= 0.3 is 17.9 Å². The van der Waals surface area contributed by atoms with Gasteiger partial charge in [-0.3, -0.25) is 10.1 Å². The maximum atomic E-state index is 13.2. The molecule has 4 aromatic rings. The van der Waals surface area contributed by atoms with Gasteiger partial charge in [0, 0.05) is 17.0 Å². The third-order valence-electron chi connectivity index (χ3n) is 6.81. The molecule has 1 fully saturated rings. The SMILES string of the molecule is O=C(OC[C@H]1O[C@H](Sc2ccc([N+](=O)[O-])cc2)[C@H](OC(=O)c2ccccc2)[C@@H](OC(=O)c2ccccc2)[C@H]1O)c1ccccc1. The number of hydrogen-bond donors (Lipinski definition) is 1. The Morgan fingerprint density at radius 1 is 0.711 bits per heavy atom.